The van der Waals surface area contributed by atoms with Crippen molar-refractivity contribution < 1.29 is 4.74 Å². The number of nitrogens with zero attached hydrogens (tertiary/aromatic N) is 1. The highest BCUT2D eigenvalue weighted by Gasteiger charge is 2.18. The van der Waals surface area contributed by atoms with Crippen LogP contribution in [0.1, 0.15) is 31.8 Å². The lowest BCUT2D eigenvalue weighted by molar-refractivity contribution is 0.185. The van der Waals surface area contributed by atoms with Gasteiger partial charge in [0.1, 0.15) is 10.3 Å². The van der Waals surface area contributed by atoms with E-state index in [1.165, 1.54) is 0 Å². The number of aromatic amines is 1. The van der Waals surface area contributed by atoms with Crippen LogP contribution < -0.4 is 5.56 Å². The molecule has 1 aromatic heterocycles. The number of rotatable bonds is 4. The van der Waals surface area contributed by atoms with E-state index < -0.39 is 0 Å². The van der Waals surface area contributed by atoms with Gasteiger partial charge in [0.15, 0.2) is 0 Å². The lowest BCUT2D eigenvalue weighted by Gasteiger charge is -2.10. The molecule has 2 rings (SSSR count). The van der Waals surface area contributed by atoms with E-state index in [2.05, 4.69) is 39.7 Å². The van der Waals surface area contributed by atoms with Gasteiger partial charge < -0.3 is 9.72 Å². The van der Waals surface area contributed by atoms with E-state index in [1.54, 1.807) is 0 Å². The van der Waals surface area contributed by atoms with Gasteiger partial charge >= 0.3 is 0 Å². The molecule has 1 aromatic rings. The maximum Gasteiger partial charge on any atom is 0.265 e. The fourth-order valence-electron chi connectivity index (χ4n) is 2.19. The van der Waals surface area contributed by atoms with Crippen molar-refractivity contribution in [2.24, 2.45) is 11.8 Å². The minimum Gasteiger partial charge on any atom is -0.381 e. The average molecular weight is 315 g/mol. The highest BCUT2D eigenvalue weighted by Crippen LogP contribution is 2.18. The standard InChI is InChI=1S/C13H19BrN2O2/c1-8(2)5-10-12(14)13(17)16-11(15-10)6-9-3-4-18-7-9/h8-9H,3-7H2,1-2H3,(H,15,16,17). The predicted octanol–water partition coefficient (Wildman–Crippen LogP) is 2.31. The van der Waals surface area contributed by atoms with Crippen LogP contribution in [0.25, 0.3) is 0 Å². The van der Waals surface area contributed by atoms with E-state index in [-0.39, 0.29) is 5.56 Å². The zero-order chi connectivity index (χ0) is 13.1. The molecule has 4 nitrogen and oxygen atoms in total. The number of nitrogens with one attached hydrogen (secondary N) is 1. The van der Waals surface area contributed by atoms with Crippen LogP contribution in [0.5, 0.6) is 0 Å². The summed E-state index contributed by atoms with van der Waals surface area (Å²) in [6.45, 7) is 5.85. The van der Waals surface area contributed by atoms with Crippen molar-refractivity contribution in [1.29, 1.82) is 0 Å². The molecule has 5 heteroatoms. The van der Waals surface area contributed by atoms with Crippen molar-refractivity contribution >= 4 is 15.9 Å². The Kier molecular flexibility index (Phi) is 4.56. The van der Waals surface area contributed by atoms with Crippen LogP contribution in [-0.4, -0.2) is 23.2 Å². The minimum absolute atomic E-state index is 0.0745. The van der Waals surface area contributed by atoms with Crippen molar-refractivity contribution in [1.82, 2.24) is 9.97 Å². The van der Waals surface area contributed by atoms with Crippen molar-refractivity contribution in [2.45, 2.75) is 33.1 Å². The molecule has 0 bridgehead atoms. The van der Waals surface area contributed by atoms with Gasteiger partial charge in [0.05, 0.1) is 5.69 Å². The van der Waals surface area contributed by atoms with Crippen molar-refractivity contribution in [3.63, 3.8) is 0 Å². The molecule has 1 N–H and O–H groups in total. The summed E-state index contributed by atoms with van der Waals surface area (Å²) >= 11 is 3.32. The maximum absolute atomic E-state index is 11.8. The van der Waals surface area contributed by atoms with Gasteiger partial charge in [-0.2, -0.15) is 0 Å². The van der Waals surface area contributed by atoms with Gasteiger partial charge in [0.25, 0.3) is 5.56 Å². The van der Waals surface area contributed by atoms with Crippen molar-refractivity contribution in [3.8, 4) is 0 Å². The summed E-state index contributed by atoms with van der Waals surface area (Å²) in [5.74, 6) is 1.76. The molecule has 1 aliphatic heterocycles. The van der Waals surface area contributed by atoms with Crippen molar-refractivity contribution in [3.05, 3.63) is 26.3 Å². The molecule has 0 spiro atoms. The van der Waals surface area contributed by atoms with Crippen LogP contribution in [0, 0.1) is 11.8 Å². The molecule has 1 fully saturated rings. The van der Waals surface area contributed by atoms with E-state index in [9.17, 15) is 4.79 Å². The van der Waals surface area contributed by atoms with Gasteiger partial charge in [-0.05, 0) is 40.6 Å². The molecular weight excluding hydrogens is 296 g/mol. The zero-order valence-electron chi connectivity index (χ0n) is 10.8. The molecule has 1 aliphatic rings. The topological polar surface area (TPSA) is 55.0 Å². The third-order valence-corrected chi connectivity index (χ3v) is 3.91. The number of hydrogen-bond acceptors (Lipinski definition) is 3. The van der Waals surface area contributed by atoms with E-state index in [1.807, 2.05) is 0 Å². The van der Waals surface area contributed by atoms with Gasteiger partial charge in [-0.1, -0.05) is 13.8 Å². The zero-order valence-corrected chi connectivity index (χ0v) is 12.4. The summed E-state index contributed by atoms with van der Waals surface area (Å²) in [5, 5.41) is 0. The molecular formula is C13H19BrN2O2. The second-order valence-electron chi connectivity index (χ2n) is 5.31. The van der Waals surface area contributed by atoms with Crippen molar-refractivity contribution in [2.75, 3.05) is 13.2 Å². The first-order valence-corrected chi connectivity index (χ1v) is 7.21. The summed E-state index contributed by atoms with van der Waals surface area (Å²) in [6, 6.07) is 0. The van der Waals surface area contributed by atoms with Gasteiger partial charge in [0.2, 0.25) is 0 Å². The van der Waals surface area contributed by atoms with Crippen LogP contribution >= 0.6 is 15.9 Å². The Hall–Kier alpha value is -0.680. The first-order valence-electron chi connectivity index (χ1n) is 6.41. The Morgan fingerprint density at radius 1 is 1.56 bits per heavy atom. The Bertz CT molecular complexity index is 465. The molecule has 0 amide bonds. The monoisotopic (exact) mass is 314 g/mol. The molecule has 1 atom stereocenters. The molecule has 0 aliphatic carbocycles. The lowest BCUT2D eigenvalue weighted by atomic mass is 10.0. The van der Waals surface area contributed by atoms with Crippen LogP contribution in [0.15, 0.2) is 9.27 Å². The van der Waals surface area contributed by atoms with E-state index >= 15 is 0 Å². The molecule has 100 valence electrons. The number of ether oxygens (including phenoxy) is 1. The lowest BCUT2D eigenvalue weighted by Crippen LogP contribution is -2.19. The Morgan fingerprint density at radius 3 is 2.94 bits per heavy atom. The Balaban J connectivity index is 2.20. The molecule has 0 saturated carbocycles. The van der Waals surface area contributed by atoms with Gasteiger partial charge in [-0.15, -0.1) is 0 Å². The molecule has 18 heavy (non-hydrogen) atoms. The van der Waals surface area contributed by atoms with Crippen LogP contribution in [0.3, 0.4) is 0 Å². The first-order chi connectivity index (χ1) is 8.56. The highest BCUT2D eigenvalue weighted by atomic mass is 79.9. The molecule has 0 radical (unpaired) electrons. The fraction of sp³-hybridized carbons (Fsp3) is 0.692. The number of hydrogen-bond donors (Lipinski definition) is 1. The van der Waals surface area contributed by atoms with Crippen LogP contribution in [0.2, 0.25) is 0 Å². The third-order valence-electron chi connectivity index (χ3n) is 3.09. The first kappa shape index (κ1) is 13.7. The quantitative estimate of drug-likeness (QED) is 0.928. The Labute approximate surface area is 115 Å². The van der Waals surface area contributed by atoms with Gasteiger partial charge in [-0.3, -0.25) is 4.79 Å². The normalized spacial score (nSPS) is 19.7. The summed E-state index contributed by atoms with van der Waals surface area (Å²) in [7, 11) is 0. The fourth-order valence-corrected chi connectivity index (χ4v) is 2.54. The molecule has 1 unspecified atom stereocenters. The number of H-pyrrole nitrogens is 1. The van der Waals surface area contributed by atoms with Crippen LogP contribution in [0.4, 0.5) is 0 Å². The van der Waals surface area contributed by atoms with E-state index in [0.29, 0.717) is 16.3 Å². The predicted molar refractivity (Wildman–Crippen MR) is 73.7 cm³/mol. The average Bonchev–Trinajstić information content (AvgIpc) is 2.77. The smallest absolute Gasteiger partial charge is 0.265 e. The molecule has 2 heterocycles. The second-order valence-corrected chi connectivity index (χ2v) is 6.10. The minimum atomic E-state index is -0.0745. The maximum atomic E-state index is 11.8. The molecule has 0 aromatic carbocycles. The summed E-state index contributed by atoms with van der Waals surface area (Å²) in [4.78, 5) is 19.3. The largest absolute Gasteiger partial charge is 0.381 e. The van der Waals surface area contributed by atoms with Gasteiger partial charge in [0, 0.05) is 19.6 Å². The highest BCUT2D eigenvalue weighted by molar-refractivity contribution is 9.10. The van der Waals surface area contributed by atoms with E-state index in [0.717, 1.165) is 44.0 Å². The van der Waals surface area contributed by atoms with Gasteiger partial charge in [-0.25, -0.2) is 4.98 Å². The SMILES string of the molecule is CC(C)Cc1nc(CC2CCOC2)[nH]c(=O)c1Br. The molecule has 1 saturated heterocycles. The summed E-state index contributed by atoms with van der Waals surface area (Å²) in [5.41, 5.74) is 0.789. The second kappa shape index (κ2) is 5.97. The van der Waals surface area contributed by atoms with E-state index in [4.69, 9.17) is 4.74 Å². The Morgan fingerprint density at radius 2 is 2.33 bits per heavy atom. The third kappa shape index (κ3) is 3.42. The summed E-state index contributed by atoms with van der Waals surface area (Å²) in [6.07, 6.45) is 2.67. The number of halogens is 1. The summed E-state index contributed by atoms with van der Waals surface area (Å²) < 4.78 is 5.92. The number of aromatic nitrogens is 2. The van der Waals surface area contributed by atoms with Crippen LogP contribution in [-0.2, 0) is 17.6 Å².